The van der Waals surface area contributed by atoms with Crippen LogP contribution in [0.3, 0.4) is 0 Å². The Hall–Kier alpha value is -2.77. The molecule has 0 saturated carbocycles. The van der Waals surface area contributed by atoms with E-state index in [-0.39, 0.29) is 17.9 Å². The number of hydrogen-bond donors (Lipinski definition) is 2. The summed E-state index contributed by atoms with van der Waals surface area (Å²) in [6, 6.07) is 15.1. The average molecular weight is 540 g/mol. The first-order valence-corrected chi connectivity index (χ1v) is 14.9. The second kappa shape index (κ2) is 16.9. The molecular formula is C31H41NO5S. The molecule has 6 nitrogen and oxygen atoms in total. The Kier molecular flexibility index (Phi) is 13.3. The van der Waals surface area contributed by atoms with Crippen LogP contribution in [0.1, 0.15) is 66.4 Å². The molecule has 1 aliphatic rings. The van der Waals surface area contributed by atoms with Gasteiger partial charge in [0.05, 0.1) is 12.2 Å². The number of thioether (sulfide) groups is 1. The molecule has 2 aromatic carbocycles. The molecule has 0 spiro atoms. The highest BCUT2D eigenvalue weighted by Crippen LogP contribution is 2.24. The van der Waals surface area contributed by atoms with Gasteiger partial charge in [-0.25, -0.2) is 4.79 Å². The van der Waals surface area contributed by atoms with Crippen LogP contribution in [0.25, 0.3) is 6.08 Å². The van der Waals surface area contributed by atoms with Crippen LogP contribution >= 0.6 is 11.8 Å². The zero-order valence-corrected chi connectivity index (χ0v) is 23.0. The van der Waals surface area contributed by atoms with Crippen molar-refractivity contribution in [3.8, 4) is 5.75 Å². The first-order chi connectivity index (χ1) is 18.5. The molecule has 0 radical (unpaired) electrons. The summed E-state index contributed by atoms with van der Waals surface area (Å²) >= 11 is 2.05. The first-order valence-electron chi connectivity index (χ1n) is 13.8. The second-order valence-corrected chi connectivity index (χ2v) is 11.1. The number of nitrogens with zero attached hydrogens (tertiary/aromatic N) is 1. The Bertz CT molecular complexity index is 1020. The molecule has 3 rings (SSSR count). The van der Waals surface area contributed by atoms with E-state index in [1.165, 1.54) is 44.0 Å². The number of ether oxygens (including phenoxy) is 1. The number of aromatic carboxylic acids is 1. The van der Waals surface area contributed by atoms with Crippen molar-refractivity contribution in [2.24, 2.45) is 5.92 Å². The Labute approximate surface area is 231 Å². The number of allylic oxidation sites excluding steroid dienone is 1. The standard InChI is InChI=1S/C31H41NO5S/c33-30(34)11-5-2-8-25(24-26-13-16-28(17-14-26)31(35)36)12-15-27-9-3-4-10-29(27)37-21-7-1-6-18-32-19-22-38-23-20-32/h3-4,9-10,12-17,25H,1-2,5-8,11,18-24H2,(H,33,34)(H,35,36)/b15-12+. The van der Waals surface area contributed by atoms with Gasteiger partial charge in [-0.15, -0.1) is 0 Å². The molecule has 1 unspecified atom stereocenters. The summed E-state index contributed by atoms with van der Waals surface area (Å²) in [5.74, 6) is 1.91. The van der Waals surface area contributed by atoms with Gasteiger partial charge in [-0.2, -0.15) is 11.8 Å². The number of carbonyl (C=O) groups is 2. The summed E-state index contributed by atoms with van der Waals surface area (Å²) < 4.78 is 6.15. The molecule has 206 valence electrons. The number of hydrogen-bond acceptors (Lipinski definition) is 5. The van der Waals surface area contributed by atoms with E-state index >= 15 is 0 Å². The highest BCUT2D eigenvalue weighted by Gasteiger charge is 2.11. The lowest BCUT2D eigenvalue weighted by molar-refractivity contribution is -0.137. The average Bonchev–Trinajstić information content (AvgIpc) is 2.92. The summed E-state index contributed by atoms with van der Waals surface area (Å²) in [5, 5.41) is 18.1. The van der Waals surface area contributed by atoms with E-state index in [1.807, 2.05) is 42.1 Å². The molecule has 2 N–H and O–H groups in total. The number of para-hydroxylation sites is 1. The normalized spacial score (nSPS) is 14.9. The summed E-state index contributed by atoms with van der Waals surface area (Å²) in [5.41, 5.74) is 2.38. The van der Waals surface area contributed by atoms with Crippen LogP contribution in [0.15, 0.2) is 54.6 Å². The predicted molar refractivity (Wildman–Crippen MR) is 155 cm³/mol. The van der Waals surface area contributed by atoms with E-state index in [0.717, 1.165) is 42.6 Å². The second-order valence-electron chi connectivity index (χ2n) is 9.87. The van der Waals surface area contributed by atoms with Crippen LogP contribution in [0.2, 0.25) is 0 Å². The van der Waals surface area contributed by atoms with Crippen molar-refractivity contribution in [3.63, 3.8) is 0 Å². The lowest BCUT2D eigenvalue weighted by Gasteiger charge is -2.25. The largest absolute Gasteiger partial charge is 0.493 e. The minimum Gasteiger partial charge on any atom is -0.493 e. The van der Waals surface area contributed by atoms with E-state index in [9.17, 15) is 9.59 Å². The Morgan fingerprint density at radius 2 is 1.71 bits per heavy atom. The molecule has 1 aliphatic heterocycles. The maximum atomic E-state index is 11.2. The molecule has 1 atom stereocenters. The van der Waals surface area contributed by atoms with E-state index in [0.29, 0.717) is 13.0 Å². The Morgan fingerprint density at radius 3 is 2.45 bits per heavy atom. The Balaban J connectivity index is 1.53. The maximum Gasteiger partial charge on any atom is 0.335 e. The minimum atomic E-state index is -0.931. The summed E-state index contributed by atoms with van der Waals surface area (Å²) in [6.07, 6.45) is 11.0. The van der Waals surface area contributed by atoms with Crippen LogP contribution in [0.5, 0.6) is 5.75 Å². The maximum absolute atomic E-state index is 11.2. The first kappa shape index (κ1) is 29.8. The number of aliphatic carboxylic acids is 1. The van der Waals surface area contributed by atoms with E-state index in [1.54, 1.807) is 12.1 Å². The highest BCUT2D eigenvalue weighted by molar-refractivity contribution is 7.99. The number of unbranched alkanes of at least 4 members (excludes halogenated alkanes) is 3. The fourth-order valence-electron chi connectivity index (χ4n) is 4.65. The van der Waals surface area contributed by atoms with Crippen LogP contribution in [0, 0.1) is 5.92 Å². The van der Waals surface area contributed by atoms with Crippen LogP contribution < -0.4 is 4.74 Å². The molecule has 7 heteroatoms. The highest BCUT2D eigenvalue weighted by atomic mass is 32.2. The molecule has 0 amide bonds. The van der Waals surface area contributed by atoms with Gasteiger partial charge in [-0.1, -0.05) is 48.9 Å². The van der Waals surface area contributed by atoms with Gasteiger partial charge < -0.3 is 19.8 Å². The zero-order chi connectivity index (χ0) is 27.0. The van der Waals surface area contributed by atoms with E-state index in [2.05, 4.69) is 23.1 Å². The third-order valence-corrected chi connectivity index (χ3v) is 7.80. The van der Waals surface area contributed by atoms with Crippen molar-refractivity contribution < 1.29 is 24.5 Å². The number of carboxylic acid groups (broad SMARTS) is 2. The Morgan fingerprint density at radius 1 is 0.947 bits per heavy atom. The molecule has 38 heavy (non-hydrogen) atoms. The van der Waals surface area contributed by atoms with Gasteiger partial charge in [-0.3, -0.25) is 4.79 Å². The summed E-state index contributed by atoms with van der Waals surface area (Å²) in [7, 11) is 0. The number of carboxylic acids is 2. The molecule has 2 aromatic rings. The third kappa shape index (κ3) is 11.3. The monoisotopic (exact) mass is 539 g/mol. The molecule has 0 aliphatic carbocycles. The van der Waals surface area contributed by atoms with Gasteiger partial charge in [0.1, 0.15) is 5.75 Å². The lowest BCUT2D eigenvalue weighted by atomic mass is 9.92. The van der Waals surface area contributed by atoms with Crippen LogP contribution in [-0.4, -0.2) is 64.8 Å². The van der Waals surface area contributed by atoms with Gasteiger partial charge in [0.2, 0.25) is 0 Å². The molecule has 0 aromatic heterocycles. The topological polar surface area (TPSA) is 87.1 Å². The SMILES string of the molecule is O=C(O)CCCCC(/C=C/c1ccccc1OCCCCCN1CCSCC1)Cc1ccc(C(=O)O)cc1. The molecule has 1 fully saturated rings. The number of rotatable bonds is 17. The van der Waals surface area contributed by atoms with E-state index < -0.39 is 11.9 Å². The fourth-order valence-corrected chi connectivity index (χ4v) is 5.62. The van der Waals surface area contributed by atoms with Gasteiger partial charge in [0, 0.05) is 36.6 Å². The van der Waals surface area contributed by atoms with Crippen molar-refractivity contribution in [1.29, 1.82) is 0 Å². The molecule has 0 bridgehead atoms. The van der Waals surface area contributed by atoms with Crippen LogP contribution in [-0.2, 0) is 11.2 Å². The quantitative estimate of drug-likeness (QED) is 0.222. The van der Waals surface area contributed by atoms with Crippen molar-refractivity contribution in [2.75, 3.05) is 37.7 Å². The van der Waals surface area contributed by atoms with Gasteiger partial charge in [-0.05, 0) is 74.8 Å². The number of benzene rings is 2. The summed E-state index contributed by atoms with van der Waals surface area (Å²) in [6.45, 7) is 4.33. The zero-order valence-electron chi connectivity index (χ0n) is 22.2. The van der Waals surface area contributed by atoms with E-state index in [4.69, 9.17) is 14.9 Å². The summed E-state index contributed by atoms with van der Waals surface area (Å²) in [4.78, 5) is 24.6. The predicted octanol–water partition coefficient (Wildman–Crippen LogP) is 6.50. The van der Waals surface area contributed by atoms with Crippen molar-refractivity contribution in [1.82, 2.24) is 4.90 Å². The smallest absolute Gasteiger partial charge is 0.335 e. The van der Waals surface area contributed by atoms with Crippen molar-refractivity contribution >= 4 is 29.8 Å². The van der Waals surface area contributed by atoms with Crippen molar-refractivity contribution in [3.05, 3.63) is 71.3 Å². The van der Waals surface area contributed by atoms with Crippen LogP contribution in [0.4, 0.5) is 0 Å². The lowest BCUT2D eigenvalue weighted by Crippen LogP contribution is -2.33. The molecule has 1 heterocycles. The van der Waals surface area contributed by atoms with Gasteiger partial charge >= 0.3 is 11.9 Å². The third-order valence-electron chi connectivity index (χ3n) is 6.86. The fraction of sp³-hybridized carbons (Fsp3) is 0.484. The van der Waals surface area contributed by atoms with Crippen molar-refractivity contribution in [2.45, 2.75) is 51.4 Å². The minimum absolute atomic E-state index is 0.178. The van der Waals surface area contributed by atoms with Gasteiger partial charge in [0.25, 0.3) is 0 Å². The van der Waals surface area contributed by atoms with Gasteiger partial charge in [0.15, 0.2) is 0 Å². The molecule has 1 saturated heterocycles. The molecular weight excluding hydrogens is 498 g/mol.